The molecule has 1 N–H and O–H groups in total. The summed E-state index contributed by atoms with van der Waals surface area (Å²) in [6, 6.07) is 16.1. The van der Waals surface area contributed by atoms with Gasteiger partial charge in [0.2, 0.25) is 11.8 Å². The molecule has 7 nitrogen and oxygen atoms in total. The van der Waals surface area contributed by atoms with Crippen molar-refractivity contribution in [3.05, 3.63) is 102 Å². The van der Waals surface area contributed by atoms with E-state index in [4.69, 9.17) is 0 Å². The predicted molar refractivity (Wildman–Crippen MR) is 147 cm³/mol. The number of hydrogen-bond donors (Lipinski definition) is 1. The second-order valence-electron chi connectivity index (χ2n) is 9.59. The first-order chi connectivity index (χ1) is 18.7. The first kappa shape index (κ1) is 23.7. The molecular formula is C31H27N5O2. The molecule has 0 bridgehead atoms. The molecule has 1 fully saturated rings. The van der Waals surface area contributed by atoms with Crippen LogP contribution in [-0.4, -0.2) is 39.9 Å². The van der Waals surface area contributed by atoms with E-state index in [1.54, 1.807) is 12.4 Å². The van der Waals surface area contributed by atoms with Crippen LogP contribution in [0.3, 0.4) is 0 Å². The monoisotopic (exact) mass is 501 g/mol. The molecule has 4 aromatic rings. The molecule has 0 saturated carbocycles. The third kappa shape index (κ3) is 4.83. The third-order valence-corrected chi connectivity index (χ3v) is 7.10. The van der Waals surface area contributed by atoms with Gasteiger partial charge in [-0.25, -0.2) is 0 Å². The number of aromatic nitrogens is 3. The molecule has 38 heavy (non-hydrogen) atoms. The molecule has 6 rings (SSSR count). The highest BCUT2D eigenvalue weighted by Crippen LogP contribution is 2.34. The summed E-state index contributed by atoms with van der Waals surface area (Å²) >= 11 is 0. The zero-order valence-electron chi connectivity index (χ0n) is 20.9. The van der Waals surface area contributed by atoms with Crippen molar-refractivity contribution in [1.82, 2.24) is 20.3 Å². The number of pyridine rings is 3. The summed E-state index contributed by atoms with van der Waals surface area (Å²) in [5.41, 5.74) is 8.58. The van der Waals surface area contributed by atoms with E-state index >= 15 is 0 Å². The third-order valence-electron chi connectivity index (χ3n) is 7.10. The van der Waals surface area contributed by atoms with E-state index in [9.17, 15) is 9.59 Å². The second-order valence-corrected chi connectivity index (χ2v) is 9.59. The van der Waals surface area contributed by atoms with Crippen LogP contribution in [0.1, 0.15) is 29.7 Å². The van der Waals surface area contributed by atoms with Gasteiger partial charge in [0.25, 0.3) is 0 Å². The van der Waals surface area contributed by atoms with Crippen molar-refractivity contribution < 1.29 is 9.59 Å². The number of fused-ring (bicyclic) bond motifs is 1. The van der Waals surface area contributed by atoms with Gasteiger partial charge in [0.1, 0.15) is 0 Å². The lowest BCUT2D eigenvalue weighted by Gasteiger charge is -2.16. The summed E-state index contributed by atoms with van der Waals surface area (Å²) < 4.78 is 0. The van der Waals surface area contributed by atoms with Crippen molar-refractivity contribution >= 4 is 23.6 Å². The lowest BCUT2D eigenvalue weighted by atomic mass is 9.98. The minimum absolute atomic E-state index is 0.0683. The van der Waals surface area contributed by atoms with Crippen molar-refractivity contribution in [2.24, 2.45) is 0 Å². The van der Waals surface area contributed by atoms with Gasteiger partial charge in [0, 0.05) is 84.9 Å². The Labute approximate surface area is 221 Å². The van der Waals surface area contributed by atoms with E-state index in [0.29, 0.717) is 25.0 Å². The quantitative estimate of drug-likeness (QED) is 0.399. The molecule has 1 aromatic carbocycles. The maximum absolute atomic E-state index is 12.9. The Balaban J connectivity index is 1.20. The van der Waals surface area contributed by atoms with E-state index in [1.165, 1.54) is 0 Å². The van der Waals surface area contributed by atoms with Crippen LogP contribution in [0.5, 0.6) is 0 Å². The highest BCUT2D eigenvalue weighted by molar-refractivity contribution is 6.01. The zero-order valence-corrected chi connectivity index (χ0v) is 20.9. The van der Waals surface area contributed by atoms with Crippen molar-refractivity contribution in [3.8, 4) is 22.3 Å². The van der Waals surface area contributed by atoms with Crippen LogP contribution in [0.4, 0.5) is 5.69 Å². The highest BCUT2D eigenvalue weighted by atomic mass is 16.2. The average molecular weight is 502 g/mol. The predicted octanol–water partition coefficient (Wildman–Crippen LogP) is 4.63. The minimum Gasteiger partial charge on any atom is -0.352 e. The fraction of sp³-hybridized carbons (Fsp3) is 0.194. The second kappa shape index (κ2) is 10.4. The number of anilines is 1. The maximum atomic E-state index is 12.9. The fourth-order valence-corrected chi connectivity index (χ4v) is 5.10. The number of nitrogens with zero attached hydrogens (tertiary/aromatic N) is 4. The molecule has 4 heterocycles. The van der Waals surface area contributed by atoms with Crippen LogP contribution in [0, 0.1) is 0 Å². The Morgan fingerprint density at radius 2 is 1.82 bits per heavy atom. The van der Waals surface area contributed by atoms with Gasteiger partial charge in [-0.3, -0.25) is 24.5 Å². The van der Waals surface area contributed by atoms with E-state index in [2.05, 4.69) is 26.3 Å². The molecular weight excluding hydrogens is 474 g/mol. The molecule has 0 atom stereocenters. The summed E-state index contributed by atoms with van der Waals surface area (Å²) in [4.78, 5) is 40.0. The van der Waals surface area contributed by atoms with E-state index < -0.39 is 0 Å². The normalized spacial score (nSPS) is 14.4. The van der Waals surface area contributed by atoms with Gasteiger partial charge in [0.15, 0.2) is 0 Å². The van der Waals surface area contributed by atoms with E-state index in [-0.39, 0.29) is 11.8 Å². The Hall–Kier alpha value is -4.65. The Bertz CT molecular complexity index is 1530. The summed E-state index contributed by atoms with van der Waals surface area (Å²) in [5, 5.41) is 3.03. The van der Waals surface area contributed by atoms with Crippen LogP contribution < -0.4 is 10.2 Å². The van der Waals surface area contributed by atoms with Crippen LogP contribution >= 0.6 is 0 Å². The summed E-state index contributed by atoms with van der Waals surface area (Å²) in [5.74, 6) is 0.115. The van der Waals surface area contributed by atoms with Crippen LogP contribution in [-0.2, 0) is 22.4 Å². The van der Waals surface area contributed by atoms with Gasteiger partial charge in [0.05, 0.1) is 5.69 Å². The lowest BCUT2D eigenvalue weighted by molar-refractivity contribution is -0.118. The molecule has 7 heteroatoms. The number of rotatable bonds is 7. The smallest absolute Gasteiger partial charge is 0.247 e. The SMILES string of the molecule is O=C(NCCc1cccnc1)C1=Cc2c(-c3cncc(-c4ccc(N5CCCC5=O)cc4)c3)ccnc2C1. The highest BCUT2D eigenvalue weighted by Gasteiger charge is 2.23. The van der Waals surface area contributed by atoms with E-state index in [0.717, 1.165) is 64.1 Å². The first-order valence-electron chi connectivity index (χ1n) is 12.9. The summed E-state index contributed by atoms with van der Waals surface area (Å²) in [7, 11) is 0. The molecule has 0 spiro atoms. The van der Waals surface area contributed by atoms with Crippen molar-refractivity contribution in [1.29, 1.82) is 0 Å². The van der Waals surface area contributed by atoms with Gasteiger partial charge >= 0.3 is 0 Å². The van der Waals surface area contributed by atoms with Crippen LogP contribution in [0.25, 0.3) is 28.3 Å². The largest absolute Gasteiger partial charge is 0.352 e. The molecule has 3 aromatic heterocycles. The van der Waals surface area contributed by atoms with Gasteiger partial charge in [-0.1, -0.05) is 18.2 Å². The molecule has 0 unspecified atom stereocenters. The molecule has 1 aliphatic heterocycles. The van der Waals surface area contributed by atoms with Crippen molar-refractivity contribution in [3.63, 3.8) is 0 Å². The Kier molecular flexibility index (Phi) is 6.48. The topological polar surface area (TPSA) is 88.1 Å². The lowest BCUT2D eigenvalue weighted by Crippen LogP contribution is -2.27. The number of amides is 2. The van der Waals surface area contributed by atoms with E-state index in [1.807, 2.05) is 72.0 Å². The molecule has 1 saturated heterocycles. The van der Waals surface area contributed by atoms with Crippen molar-refractivity contribution in [2.45, 2.75) is 25.7 Å². The number of carbonyl (C=O) groups excluding carboxylic acids is 2. The first-order valence-corrected chi connectivity index (χ1v) is 12.9. The maximum Gasteiger partial charge on any atom is 0.247 e. The van der Waals surface area contributed by atoms with Gasteiger partial charge in [-0.2, -0.15) is 0 Å². The molecule has 2 amide bonds. The molecule has 1 aliphatic carbocycles. The Morgan fingerprint density at radius 1 is 0.947 bits per heavy atom. The summed E-state index contributed by atoms with van der Waals surface area (Å²) in [6.45, 7) is 1.33. The molecule has 0 radical (unpaired) electrons. The van der Waals surface area contributed by atoms with Crippen LogP contribution in [0.15, 0.2) is 85.1 Å². The number of benzene rings is 1. The van der Waals surface area contributed by atoms with Gasteiger partial charge < -0.3 is 10.2 Å². The number of carbonyl (C=O) groups is 2. The average Bonchev–Trinajstić information content (AvgIpc) is 3.60. The fourth-order valence-electron chi connectivity index (χ4n) is 5.10. The van der Waals surface area contributed by atoms with Gasteiger partial charge in [-0.15, -0.1) is 0 Å². The molecule has 188 valence electrons. The summed E-state index contributed by atoms with van der Waals surface area (Å²) in [6.07, 6.45) is 13.8. The molecule has 2 aliphatic rings. The Morgan fingerprint density at radius 3 is 2.61 bits per heavy atom. The van der Waals surface area contributed by atoms with Crippen LogP contribution in [0.2, 0.25) is 0 Å². The minimum atomic E-state index is -0.0683. The number of hydrogen-bond acceptors (Lipinski definition) is 5. The van der Waals surface area contributed by atoms with Crippen molar-refractivity contribution in [2.75, 3.05) is 18.0 Å². The van der Waals surface area contributed by atoms with Gasteiger partial charge in [-0.05, 0) is 65.9 Å². The standard InChI is InChI=1S/C31H27N5O2/c37-30-4-2-14-36(30)26-7-5-22(6-8-26)24-15-25(20-33-19-24)27-10-13-34-29-17-23(16-28(27)29)31(38)35-12-9-21-3-1-11-32-18-21/h1,3,5-8,10-11,13,15-16,18-20H,2,4,9,12,14,17H2,(H,35,38). The zero-order chi connectivity index (χ0) is 25.9. The number of nitrogens with one attached hydrogen (secondary N) is 1.